The summed E-state index contributed by atoms with van der Waals surface area (Å²) < 4.78 is 26.5. The van der Waals surface area contributed by atoms with E-state index in [-0.39, 0.29) is 25.0 Å². The first-order valence-electron chi connectivity index (χ1n) is 12.8. The molecule has 0 aliphatic heterocycles. The fraction of sp³-hybridized carbons (Fsp3) is 0.500. The number of rotatable bonds is 10. The van der Waals surface area contributed by atoms with E-state index >= 15 is 0 Å². The lowest BCUT2D eigenvalue weighted by Gasteiger charge is -2.34. The molecule has 1 saturated carbocycles. The predicted octanol–water partition coefficient (Wildman–Crippen LogP) is 4.33. The van der Waals surface area contributed by atoms with E-state index in [9.17, 15) is 18.0 Å². The van der Waals surface area contributed by atoms with Crippen LogP contribution in [-0.2, 0) is 26.2 Å². The molecule has 196 valence electrons. The molecule has 2 amide bonds. The van der Waals surface area contributed by atoms with Crippen molar-refractivity contribution in [2.75, 3.05) is 17.1 Å². The molecule has 0 radical (unpaired) electrons. The number of sulfonamides is 1. The largest absolute Gasteiger partial charge is 0.352 e. The Bertz CT molecular complexity index is 1140. The third-order valence-electron chi connectivity index (χ3n) is 6.94. The lowest BCUT2D eigenvalue weighted by Crippen LogP contribution is -2.54. The zero-order valence-electron chi connectivity index (χ0n) is 21.9. The van der Waals surface area contributed by atoms with Crippen LogP contribution in [0.15, 0.2) is 48.5 Å². The molecule has 1 atom stereocenters. The molecule has 1 N–H and O–H groups in total. The maximum atomic E-state index is 13.8. The molecule has 1 aliphatic carbocycles. The van der Waals surface area contributed by atoms with Crippen molar-refractivity contribution < 1.29 is 18.0 Å². The molecular formula is C28H39N3O4S. The van der Waals surface area contributed by atoms with Gasteiger partial charge in [-0.2, -0.15) is 0 Å². The highest BCUT2D eigenvalue weighted by atomic mass is 32.2. The molecule has 1 aliphatic rings. The summed E-state index contributed by atoms with van der Waals surface area (Å²) >= 11 is 0. The van der Waals surface area contributed by atoms with Crippen LogP contribution in [0.1, 0.15) is 62.1 Å². The molecule has 0 spiro atoms. The fourth-order valence-corrected chi connectivity index (χ4v) is 5.61. The Morgan fingerprint density at radius 1 is 1.00 bits per heavy atom. The number of carbonyl (C=O) groups excluding carboxylic acids is 2. The van der Waals surface area contributed by atoms with Crippen molar-refractivity contribution in [3.8, 4) is 0 Å². The third kappa shape index (κ3) is 7.32. The molecule has 0 saturated heterocycles. The summed E-state index contributed by atoms with van der Waals surface area (Å²) in [6, 6.07) is 14.2. The second kappa shape index (κ2) is 12.4. The van der Waals surface area contributed by atoms with Gasteiger partial charge in [-0.15, -0.1) is 0 Å². The van der Waals surface area contributed by atoms with Crippen LogP contribution in [0.2, 0.25) is 0 Å². The van der Waals surface area contributed by atoms with Gasteiger partial charge in [0, 0.05) is 12.6 Å². The Kier molecular flexibility index (Phi) is 9.54. The average molecular weight is 514 g/mol. The molecule has 7 nitrogen and oxygen atoms in total. The molecule has 1 unspecified atom stereocenters. The fourth-order valence-electron chi connectivity index (χ4n) is 4.76. The first kappa shape index (κ1) is 27.7. The molecule has 8 heteroatoms. The minimum atomic E-state index is -3.73. The van der Waals surface area contributed by atoms with E-state index in [4.69, 9.17) is 0 Å². The number of hydrogen-bond donors (Lipinski definition) is 1. The van der Waals surface area contributed by atoms with E-state index in [1.807, 2.05) is 57.2 Å². The Morgan fingerprint density at radius 3 is 2.22 bits per heavy atom. The molecule has 0 bridgehead atoms. The number of aryl methyl sites for hydroxylation is 2. The van der Waals surface area contributed by atoms with Crippen LogP contribution in [0.3, 0.4) is 0 Å². The molecule has 1 fully saturated rings. The van der Waals surface area contributed by atoms with Crippen LogP contribution in [0.25, 0.3) is 0 Å². The first-order chi connectivity index (χ1) is 17.1. The number of carbonyl (C=O) groups is 2. The minimum Gasteiger partial charge on any atom is -0.352 e. The molecule has 2 aromatic rings. The first-order valence-corrected chi connectivity index (χ1v) is 14.6. The highest BCUT2D eigenvalue weighted by molar-refractivity contribution is 7.92. The van der Waals surface area contributed by atoms with Crippen LogP contribution >= 0.6 is 0 Å². The number of hydrogen-bond acceptors (Lipinski definition) is 4. The molecular weight excluding hydrogens is 474 g/mol. The van der Waals surface area contributed by atoms with Crippen LogP contribution in [0.5, 0.6) is 0 Å². The van der Waals surface area contributed by atoms with Crippen molar-refractivity contribution in [2.45, 2.75) is 77.9 Å². The van der Waals surface area contributed by atoms with Crippen LogP contribution in [0, 0.1) is 13.8 Å². The molecule has 3 rings (SSSR count). The van der Waals surface area contributed by atoms with Gasteiger partial charge in [0.25, 0.3) is 0 Å². The van der Waals surface area contributed by atoms with Crippen LogP contribution in [0.4, 0.5) is 5.69 Å². The summed E-state index contributed by atoms with van der Waals surface area (Å²) in [7, 11) is -3.73. The highest BCUT2D eigenvalue weighted by Crippen LogP contribution is 2.22. The minimum absolute atomic E-state index is 0.121. The van der Waals surface area contributed by atoms with Crippen molar-refractivity contribution >= 4 is 27.5 Å². The number of nitrogens with zero attached hydrogens (tertiary/aromatic N) is 2. The third-order valence-corrected chi connectivity index (χ3v) is 8.08. The molecule has 2 aromatic carbocycles. The Hall–Kier alpha value is -2.87. The van der Waals surface area contributed by atoms with E-state index in [1.54, 1.807) is 17.0 Å². The van der Waals surface area contributed by atoms with Gasteiger partial charge in [-0.05, 0) is 56.4 Å². The Morgan fingerprint density at radius 2 is 1.64 bits per heavy atom. The van der Waals surface area contributed by atoms with Gasteiger partial charge < -0.3 is 10.2 Å². The smallest absolute Gasteiger partial charge is 0.244 e. The van der Waals surface area contributed by atoms with Gasteiger partial charge in [0.2, 0.25) is 21.8 Å². The maximum Gasteiger partial charge on any atom is 0.244 e. The quantitative estimate of drug-likeness (QED) is 0.512. The molecule has 0 heterocycles. The van der Waals surface area contributed by atoms with E-state index in [2.05, 4.69) is 5.32 Å². The molecule has 36 heavy (non-hydrogen) atoms. The lowest BCUT2D eigenvalue weighted by atomic mass is 9.95. The van der Waals surface area contributed by atoms with E-state index in [1.165, 1.54) is 6.42 Å². The van der Waals surface area contributed by atoms with Gasteiger partial charge in [-0.25, -0.2) is 8.42 Å². The maximum absolute atomic E-state index is 13.8. The van der Waals surface area contributed by atoms with Gasteiger partial charge in [-0.3, -0.25) is 13.9 Å². The summed E-state index contributed by atoms with van der Waals surface area (Å²) in [5.41, 5.74) is 3.35. The van der Waals surface area contributed by atoms with Gasteiger partial charge in [0.15, 0.2) is 0 Å². The van der Waals surface area contributed by atoms with Crippen molar-refractivity contribution in [3.63, 3.8) is 0 Å². The van der Waals surface area contributed by atoms with Crippen LogP contribution in [-0.4, -0.2) is 50.0 Å². The summed E-state index contributed by atoms with van der Waals surface area (Å²) in [4.78, 5) is 28.8. The van der Waals surface area contributed by atoms with Gasteiger partial charge >= 0.3 is 0 Å². The van der Waals surface area contributed by atoms with E-state index in [0.717, 1.165) is 52.9 Å². The highest BCUT2D eigenvalue weighted by Gasteiger charge is 2.33. The van der Waals surface area contributed by atoms with E-state index in [0.29, 0.717) is 12.1 Å². The van der Waals surface area contributed by atoms with Crippen molar-refractivity contribution in [3.05, 3.63) is 65.2 Å². The Balaban J connectivity index is 1.91. The predicted molar refractivity (Wildman–Crippen MR) is 144 cm³/mol. The molecule has 0 aromatic heterocycles. The SMILES string of the molecule is CCC(C(=O)NC1CCCCC1)N(Cc1ccccc1C)C(=O)CN(c1ccc(C)cc1)S(C)(=O)=O. The average Bonchev–Trinajstić information content (AvgIpc) is 2.84. The zero-order valence-corrected chi connectivity index (χ0v) is 22.7. The Labute approximate surface area is 215 Å². The number of anilines is 1. The van der Waals surface area contributed by atoms with Gasteiger partial charge in [-0.1, -0.05) is 68.1 Å². The number of benzene rings is 2. The zero-order chi connectivity index (χ0) is 26.3. The summed E-state index contributed by atoms with van der Waals surface area (Å²) in [5, 5.41) is 3.16. The number of amides is 2. The second-order valence-corrected chi connectivity index (χ2v) is 11.7. The second-order valence-electron chi connectivity index (χ2n) is 9.82. The van der Waals surface area contributed by atoms with Crippen molar-refractivity contribution in [1.29, 1.82) is 0 Å². The standard InChI is InChI=1S/C28H39N3O4S/c1-5-26(28(33)29-24-13-7-6-8-14-24)30(19-23-12-10-9-11-22(23)3)27(32)20-31(36(4,34)35)25-17-15-21(2)16-18-25/h9-12,15-18,24,26H,5-8,13-14,19-20H2,1-4H3,(H,29,33). The van der Waals surface area contributed by atoms with E-state index < -0.39 is 22.0 Å². The van der Waals surface area contributed by atoms with Gasteiger partial charge in [0.1, 0.15) is 12.6 Å². The topological polar surface area (TPSA) is 86.8 Å². The lowest BCUT2D eigenvalue weighted by molar-refractivity contribution is -0.140. The van der Waals surface area contributed by atoms with Crippen molar-refractivity contribution in [1.82, 2.24) is 10.2 Å². The monoisotopic (exact) mass is 513 g/mol. The summed E-state index contributed by atoms with van der Waals surface area (Å²) in [6.45, 7) is 5.63. The summed E-state index contributed by atoms with van der Waals surface area (Å²) in [5.74, 6) is -0.581. The summed E-state index contributed by atoms with van der Waals surface area (Å²) in [6.07, 6.45) is 6.79. The van der Waals surface area contributed by atoms with Crippen molar-refractivity contribution in [2.24, 2.45) is 0 Å². The number of nitrogens with one attached hydrogen (secondary N) is 1. The normalized spacial score (nSPS) is 15.2. The van der Waals surface area contributed by atoms with Crippen LogP contribution < -0.4 is 9.62 Å². The van der Waals surface area contributed by atoms with Gasteiger partial charge in [0.05, 0.1) is 11.9 Å².